The molecule has 5 heteroatoms. The summed E-state index contributed by atoms with van der Waals surface area (Å²) in [6.45, 7) is 4.57. The summed E-state index contributed by atoms with van der Waals surface area (Å²) in [5, 5.41) is 6.06. The zero-order valence-electron chi connectivity index (χ0n) is 9.72. The van der Waals surface area contributed by atoms with E-state index >= 15 is 0 Å². The van der Waals surface area contributed by atoms with E-state index in [1.54, 1.807) is 7.05 Å². The molecule has 0 saturated carbocycles. The number of guanidine groups is 1. The van der Waals surface area contributed by atoms with E-state index in [0.29, 0.717) is 6.54 Å². The van der Waals surface area contributed by atoms with Gasteiger partial charge in [0.2, 0.25) is 0 Å². The number of hydrogen-bond donors (Lipinski definition) is 2. The van der Waals surface area contributed by atoms with Gasteiger partial charge in [-0.2, -0.15) is 0 Å². The van der Waals surface area contributed by atoms with Gasteiger partial charge in [0.1, 0.15) is 5.76 Å². The molecule has 0 unspecified atom stereocenters. The second-order valence-corrected chi connectivity index (χ2v) is 3.15. The van der Waals surface area contributed by atoms with E-state index in [9.17, 15) is 0 Å². The number of aromatic nitrogens is 1. The van der Waals surface area contributed by atoms with Crippen LogP contribution in [-0.4, -0.2) is 25.0 Å². The first-order chi connectivity index (χ1) is 7.21. The highest BCUT2D eigenvalue weighted by Crippen LogP contribution is 2.09. The van der Waals surface area contributed by atoms with Crippen LogP contribution >= 0.6 is 0 Å². The van der Waals surface area contributed by atoms with Crippen LogP contribution in [0.5, 0.6) is 0 Å². The summed E-state index contributed by atoms with van der Waals surface area (Å²) >= 11 is 0. The molecule has 1 rings (SSSR count). The molecule has 0 aromatic carbocycles. The Morgan fingerprint density at radius 1 is 1.53 bits per heavy atom. The first-order valence-electron chi connectivity index (χ1n) is 5.04. The third-order valence-electron chi connectivity index (χ3n) is 2.12. The van der Waals surface area contributed by atoms with Crippen LogP contribution in [-0.2, 0) is 13.0 Å². The number of aliphatic imine (C=N–C) groups is 1. The monoisotopic (exact) mass is 210 g/mol. The number of rotatable bonds is 3. The summed E-state index contributed by atoms with van der Waals surface area (Å²) in [7, 11) is 3.55. The smallest absolute Gasteiger partial charge is 0.194 e. The Balaban J connectivity index is 2.60. The number of hydrogen-bond acceptors (Lipinski definition) is 3. The lowest BCUT2D eigenvalue weighted by Gasteiger charge is -2.06. The highest BCUT2D eigenvalue weighted by Gasteiger charge is 2.08. The molecule has 0 saturated heterocycles. The molecule has 5 nitrogen and oxygen atoms in total. The average Bonchev–Trinajstić information content (AvgIpc) is 2.61. The summed E-state index contributed by atoms with van der Waals surface area (Å²) in [5.41, 5.74) is 0.936. The number of aryl methyl sites for hydroxylation is 2. The van der Waals surface area contributed by atoms with Crippen molar-refractivity contribution < 1.29 is 4.42 Å². The molecule has 84 valence electrons. The van der Waals surface area contributed by atoms with Crippen LogP contribution in [0.15, 0.2) is 9.41 Å². The summed E-state index contributed by atoms with van der Waals surface area (Å²) in [5.74, 6) is 2.39. The Labute approximate surface area is 90.0 Å². The topological polar surface area (TPSA) is 62.5 Å². The van der Waals surface area contributed by atoms with E-state index in [4.69, 9.17) is 4.42 Å². The molecule has 0 spiro atoms. The van der Waals surface area contributed by atoms with E-state index in [1.165, 1.54) is 0 Å². The van der Waals surface area contributed by atoms with Crippen LogP contribution in [0.3, 0.4) is 0 Å². The minimum absolute atomic E-state index is 0.604. The molecular weight excluding hydrogens is 192 g/mol. The van der Waals surface area contributed by atoms with Gasteiger partial charge in [-0.15, -0.1) is 0 Å². The van der Waals surface area contributed by atoms with Crippen LogP contribution < -0.4 is 10.6 Å². The van der Waals surface area contributed by atoms with Gasteiger partial charge in [-0.05, 0) is 6.92 Å². The standard InChI is InChI=1S/C10H18N4O/c1-5-9-14-7(2)8(15-9)6-13-10(11-3)12-4/h5-6H2,1-4H3,(H2,11,12,13). The minimum atomic E-state index is 0.604. The fourth-order valence-electron chi connectivity index (χ4n) is 1.25. The van der Waals surface area contributed by atoms with E-state index in [-0.39, 0.29) is 0 Å². The number of oxazole rings is 1. The summed E-state index contributed by atoms with van der Waals surface area (Å²) < 4.78 is 5.55. The van der Waals surface area contributed by atoms with E-state index < -0.39 is 0 Å². The molecule has 0 atom stereocenters. The van der Waals surface area contributed by atoms with E-state index in [2.05, 4.69) is 20.6 Å². The first kappa shape index (κ1) is 11.6. The summed E-state index contributed by atoms with van der Waals surface area (Å²) in [4.78, 5) is 8.30. The fraction of sp³-hybridized carbons (Fsp3) is 0.600. The predicted octanol–water partition coefficient (Wildman–Crippen LogP) is 0.840. The highest BCUT2D eigenvalue weighted by atomic mass is 16.4. The lowest BCUT2D eigenvalue weighted by Crippen LogP contribution is -2.34. The maximum absolute atomic E-state index is 5.55. The van der Waals surface area contributed by atoms with Gasteiger partial charge >= 0.3 is 0 Å². The van der Waals surface area contributed by atoms with Crippen molar-refractivity contribution in [2.75, 3.05) is 14.1 Å². The molecule has 0 amide bonds. The maximum Gasteiger partial charge on any atom is 0.194 e. The van der Waals surface area contributed by atoms with Crippen molar-refractivity contribution in [1.82, 2.24) is 15.6 Å². The Kier molecular flexibility index (Phi) is 4.15. The molecule has 0 fully saturated rings. The van der Waals surface area contributed by atoms with Crippen molar-refractivity contribution in [2.24, 2.45) is 4.99 Å². The molecule has 2 N–H and O–H groups in total. The molecule has 15 heavy (non-hydrogen) atoms. The quantitative estimate of drug-likeness (QED) is 0.573. The van der Waals surface area contributed by atoms with Crippen LogP contribution in [0.4, 0.5) is 0 Å². The van der Waals surface area contributed by atoms with Gasteiger partial charge in [-0.1, -0.05) is 6.92 Å². The predicted molar refractivity (Wildman–Crippen MR) is 59.9 cm³/mol. The first-order valence-corrected chi connectivity index (χ1v) is 5.04. The summed E-state index contributed by atoms with van der Waals surface area (Å²) in [6, 6.07) is 0. The number of nitrogens with zero attached hydrogens (tertiary/aromatic N) is 2. The fourth-order valence-corrected chi connectivity index (χ4v) is 1.25. The van der Waals surface area contributed by atoms with Gasteiger partial charge in [-0.25, -0.2) is 4.98 Å². The zero-order valence-corrected chi connectivity index (χ0v) is 9.72. The second-order valence-electron chi connectivity index (χ2n) is 3.15. The lowest BCUT2D eigenvalue weighted by molar-refractivity contribution is 0.453. The Bertz CT molecular complexity index is 343. The lowest BCUT2D eigenvalue weighted by atomic mass is 10.4. The van der Waals surface area contributed by atoms with Gasteiger partial charge in [0.25, 0.3) is 0 Å². The van der Waals surface area contributed by atoms with E-state index in [1.807, 2.05) is 20.9 Å². The van der Waals surface area contributed by atoms with Crippen molar-refractivity contribution in [3.05, 3.63) is 17.3 Å². The largest absolute Gasteiger partial charge is 0.444 e. The minimum Gasteiger partial charge on any atom is -0.444 e. The normalized spacial score (nSPS) is 11.6. The van der Waals surface area contributed by atoms with Crippen molar-refractivity contribution in [3.63, 3.8) is 0 Å². The Hall–Kier alpha value is -1.52. The Morgan fingerprint density at radius 3 is 2.73 bits per heavy atom. The average molecular weight is 210 g/mol. The van der Waals surface area contributed by atoms with E-state index in [0.717, 1.165) is 29.7 Å². The van der Waals surface area contributed by atoms with Gasteiger partial charge in [0.05, 0.1) is 12.2 Å². The van der Waals surface area contributed by atoms with Crippen LogP contribution in [0, 0.1) is 6.92 Å². The third kappa shape index (κ3) is 2.97. The maximum atomic E-state index is 5.55. The SMILES string of the molecule is CCc1nc(C)c(CNC(=NC)NC)o1. The van der Waals surface area contributed by atoms with Gasteiger partial charge < -0.3 is 15.1 Å². The van der Waals surface area contributed by atoms with Crippen LogP contribution in [0.25, 0.3) is 0 Å². The molecule has 0 aliphatic carbocycles. The summed E-state index contributed by atoms with van der Waals surface area (Å²) in [6.07, 6.45) is 0.821. The molecule has 1 heterocycles. The molecular formula is C10H18N4O. The second kappa shape index (κ2) is 5.38. The molecule has 1 aromatic heterocycles. The van der Waals surface area contributed by atoms with Crippen molar-refractivity contribution in [2.45, 2.75) is 26.8 Å². The molecule has 0 bridgehead atoms. The number of nitrogens with one attached hydrogen (secondary N) is 2. The van der Waals surface area contributed by atoms with Gasteiger partial charge in [0, 0.05) is 20.5 Å². The molecule has 0 aliphatic heterocycles. The van der Waals surface area contributed by atoms with Gasteiger partial charge in [-0.3, -0.25) is 4.99 Å². The van der Waals surface area contributed by atoms with Crippen molar-refractivity contribution in [3.8, 4) is 0 Å². The van der Waals surface area contributed by atoms with Crippen LogP contribution in [0.1, 0.15) is 24.3 Å². The zero-order chi connectivity index (χ0) is 11.3. The van der Waals surface area contributed by atoms with Crippen LogP contribution in [0.2, 0.25) is 0 Å². The molecule has 0 radical (unpaired) electrons. The Morgan fingerprint density at radius 2 is 2.27 bits per heavy atom. The molecule has 0 aliphatic rings. The van der Waals surface area contributed by atoms with Crippen molar-refractivity contribution >= 4 is 5.96 Å². The highest BCUT2D eigenvalue weighted by molar-refractivity contribution is 5.79. The third-order valence-corrected chi connectivity index (χ3v) is 2.12. The van der Waals surface area contributed by atoms with Crippen molar-refractivity contribution in [1.29, 1.82) is 0 Å². The van der Waals surface area contributed by atoms with Gasteiger partial charge in [0.15, 0.2) is 11.9 Å². The molecule has 1 aromatic rings.